The van der Waals surface area contributed by atoms with Gasteiger partial charge >= 0.3 is 0 Å². The van der Waals surface area contributed by atoms with E-state index < -0.39 is 0 Å². The van der Waals surface area contributed by atoms with Crippen molar-refractivity contribution < 1.29 is 4.79 Å². The Labute approximate surface area is 114 Å². The largest absolute Gasteiger partial charge is 0.325 e. The van der Waals surface area contributed by atoms with Gasteiger partial charge in [-0.2, -0.15) is 0 Å². The maximum atomic E-state index is 11.9. The molecule has 0 bridgehead atoms. The number of carbonyl (C=O) groups excluding carboxylic acids is 1. The molecule has 2 nitrogen and oxygen atoms in total. The van der Waals surface area contributed by atoms with Crippen LogP contribution in [0.5, 0.6) is 0 Å². The molecule has 1 atom stereocenters. The molecule has 1 amide bonds. The van der Waals surface area contributed by atoms with Crippen molar-refractivity contribution in [3.8, 4) is 0 Å². The van der Waals surface area contributed by atoms with Crippen LogP contribution < -0.4 is 5.32 Å². The van der Waals surface area contributed by atoms with Crippen LogP contribution in [0.4, 0.5) is 5.69 Å². The number of anilines is 1. The van der Waals surface area contributed by atoms with Crippen molar-refractivity contribution in [1.29, 1.82) is 0 Å². The van der Waals surface area contributed by atoms with Gasteiger partial charge in [0.2, 0.25) is 5.91 Å². The third-order valence-corrected chi connectivity index (χ3v) is 5.57. The number of thiophene rings is 1. The summed E-state index contributed by atoms with van der Waals surface area (Å²) in [6.07, 6.45) is 0.542. The molecule has 1 aromatic carbocycles. The highest BCUT2D eigenvalue weighted by atomic mass is 32.2. The van der Waals surface area contributed by atoms with E-state index in [2.05, 4.69) is 29.8 Å². The summed E-state index contributed by atoms with van der Waals surface area (Å²) in [7, 11) is 0. The van der Waals surface area contributed by atoms with Crippen LogP contribution in [-0.4, -0.2) is 5.91 Å². The minimum Gasteiger partial charge on any atom is -0.325 e. The second kappa shape index (κ2) is 4.78. The monoisotopic (exact) mass is 275 g/mol. The highest BCUT2D eigenvalue weighted by molar-refractivity contribution is 7.99. The minimum absolute atomic E-state index is 0.102. The lowest BCUT2D eigenvalue weighted by Crippen LogP contribution is -2.11. The smallest absolute Gasteiger partial charge is 0.225 e. The fourth-order valence-corrected chi connectivity index (χ4v) is 4.55. The first kappa shape index (κ1) is 11.8. The number of rotatable bonds is 1. The fourth-order valence-electron chi connectivity index (χ4n) is 2.10. The van der Waals surface area contributed by atoms with Crippen LogP contribution in [0.2, 0.25) is 0 Å². The number of benzene rings is 1. The van der Waals surface area contributed by atoms with Crippen LogP contribution in [0.15, 0.2) is 40.6 Å². The summed E-state index contributed by atoms with van der Waals surface area (Å²) in [4.78, 5) is 14.4. The molecule has 1 N–H and O–H groups in total. The quantitative estimate of drug-likeness (QED) is 0.843. The van der Waals surface area contributed by atoms with Crippen LogP contribution in [0.1, 0.15) is 22.1 Å². The highest BCUT2D eigenvalue weighted by Gasteiger charge is 2.25. The molecule has 92 valence electrons. The molecule has 0 aliphatic carbocycles. The summed E-state index contributed by atoms with van der Waals surface area (Å²) < 4.78 is 0. The van der Waals surface area contributed by atoms with Crippen molar-refractivity contribution in [1.82, 2.24) is 0 Å². The molecular weight excluding hydrogens is 262 g/mol. The molecule has 1 aliphatic heterocycles. The van der Waals surface area contributed by atoms with Crippen LogP contribution in [-0.2, 0) is 4.79 Å². The number of hydrogen-bond donors (Lipinski definition) is 1. The molecule has 0 saturated carbocycles. The van der Waals surface area contributed by atoms with Gasteiger partial charge < -0.3 is 5.32 Å². The molecule has 0 spiro atoms. The number of carbonyl (C=O) groups is 1. The van der Waals surface area contributed by atoms with E-state index in [9.17, 15) is 4.79 Å². The number of thioether (sulfide) groups is 1. The molecule has 2 heterocycles. The van der Waals surface area contributed by atoms with Crippen molar-refractivity contribution in [3.63, 3.8) is 0 Å². The van der Waals surface area contributed by atoms with Crippen molar-refractivity contribution >= 4 is 34.7 Å². The summed E-state index contributed by atoms with van der Waals surface area (Å²) in [6.45, 7) is 2.11. The Balaban J connectivity index is 2.00. The lowest BCUT2D eigenvalue weighted by molar-refractivity contribution is -0.116. The van der Waals surface area contributed by atoms with Gasteiger partial charge in [0, 0.05) is 16.2 Å². The predicted molar refractivity (Wildman–Crippen MR) is 77.3 cm³/mol. The summed E-state index contributed by atoms with van der Waals surface area (Å²) in [5.41, 5.74) is 2.22. The number of aryl methyl sites for hydroxylation is 1. The summed E-state index contributed by atoms with van der Waals surface area (Å²) in [5.74, 6) is 0.102. The van der Waals surface area contributed by atoms with E-state index in [1.807, 2.05) is 18.2 Å². The topological polar surface area (TPSA) is 29.1 Å². The first-order valence-electron chi connectivity index (χ1n) is 5.83. The van der Waals surface area contributed by atoms with Gasteiger partial charge in [0.25, 0.3) is 0 Å². The Morgan fingerprint density at radius 2 is 2.11 bits per heavy atom. The molecule has 0 saturated heterocycles. The van der Waals surface area contributed by atoms with Crippen LogP contribution in [0.3, 0.4) is 0 Å². The van der Waals surface area contributed by atoms with E-state index in [-0.39, 0.29) is 11.2 Å². The van der Waals surface area contributed by atoms with Gasteiger partial charge in [0.1, 0.15) is 0 Å². The number of nitrogens with one attached hydrogen (secondary N) is 1. The number of para-hydroxylation sites is 1. The van der Waals surface area contributed by atoms with Gasteiger partial charge in [-0.15, -0.1) is 23.1 Å². The van der Waals surface area contributed by atoms with Gasteiger partial charge in [-0.1, -0.05) is 12.1 Å². The lowest BCUT2D eigenvalue weighted by Gasteiger charge is -2.12. The maximum absolute atomic E-state index is 11.9. The van der Waals surface area contributed by atoms with Gasteiger partial charge in [0.05, 0.1) is 10.9 Å². The Morgan fingerprint density at radius 1 is 1.28 bits per heavy atom. The van der Waals surface area contributed by atoms with Crippen LogP contribution in [0.25, 0.3) is 0 Å². The zero-order valence-electron chi connectivity index (χ0n) is 9.97. The van der Waals surface area contributed by atoms with Gasteiger partial charge in [0.15, 0.2) is 0 Å². The molecule has 2 aromatic rings. The molecule has 0 fully saturated rings. The zero-order valence-corrected chi connectivity index (χ0v) is 11.6. The van der Waals surface area contributed by atoms with E-state index in [1.165, 1.54) is 10.4 Å². The summed E-state index contributed by atoms with van der Waals surface area (Å²) in [5, 5.41) is 5.31. The first-order valence-corrected chi connectivity index (χ1v) is 7.59. The predicted octanol–water partition coefficient (Wildman–Crippen LogP) is 4.23. The van der Waals surface area contributed by atoms with Crippen molar-refractivity contribution in [2.75, 3.05) is 5.32 Å². The van der Waals surface area contributed by atoms with Gasteiger partial charge in [-0.25, -0.2) is 0 Å². The third kappa shape index (κ3) is 2.18. The van der Waals surface area contributed by atoms with Crippen LogP contribution in [0, 0.1) is 6.92 Å². The standard InChI is InChI=1S/C14H13NOS2/c1-9-6-7-17-14(9)12-8-13(16)15-10-4-2-3-5-11(10)18-12/h2-7,12H,8H2,1H3,(H,15,16)/t12-/m0/s1. The highest BCUT2D eigenvalue weighted by Crippen LogP contribution is 2.45. The Bertz CT molecular complexity index is 591. The molecule has 0 unspecified atom stereocenters. The molecule has 4 heteroatoms. The lowest BCUT2D eigenvalue weighted by atomic mass is 10.2. The first-order chi connectivity index (χ1) is 8.74. The fraction of sp³-hybridized carbons (Fsp3) is 0.214. The Hall–Kier alpha value is -1.26. The van der Waals surface area contributed by atoms with E-state index in [0.717, 1.165) is 10.6 Å². The van der Waals surface area contributed by atoms with Gasteiger partial charge in [-0.05, 0) is 36.1 Å². The Morgan fingerprint density at radius 3 is 2.89 bits per heavy atom. The summed E-state index contributed by atoms with van der Waals surface area (Å²) in [6, 6.07) is 10.1. The molecule has 0 radical (unpaired) electrons. The number of fused-ring (bicyclic) bond motifs is 1. The SMILES string of the molecule is Cc1ccsc1[C@@H]1CC(=O)Nc2ccccc2S1. The molecule has 3 rings (SSSR count). The van der Waals surface area contributed by atoms with Crippen LogP contribution >= 0.6 is 23.1 Å². The molecule has 1 aromatic heterocycles. The second-order valence-electron chi connectivity index (χ2n) is 4.32. The summed E-state index contributed by atoms with van der Waals surface area (Å²) >= 11 is 3.52. The molecule has 18 heavy (non-hydrogen) atoms. The minimum atomic E-state index is 0.102. The van der Waals surface area contributed by atoms with Crippen molar-refractivity contribution in [2.24, 2.45) is 0 Å². The Kier molecular flexibility index (Phi) is 3.14. The van der Waals surface area contributed by atoms with Crippen molar-refractivity contribution in [2.45, 2.75) is 23.5 Å². The molecular formula is C14H13NOS2. The van der Waals surface area contributed by atoms with E-state index in [4.69, 9.17) is 0 Å². The normalized spacial score (nSPS) is 18.9. The maximum Gasteiger partial charge on any atom is 0.225 e. The third-order valence-electron chi connectivity index (χ3n) is 3.00. The average Bonchev–Trinajstić information content (AvgIpc) is 2.69. The van der Waals surface area contributed by atoms with E-state index in [0.29, 0.717) is 6.42 Å². The number of amides is 1. The second-order valence-corrected chi connectivity index (χ2v) is 6.52. The molecule has 1 aliphatic rings. The van der Waals surface area contributed by atoms with E-state index in [1.54, 1.807) is 23.1 Å². The average molecular weight is 275 g/mol. The number of hydrogen-bond acceptors (Lipinski definition) is 3. The zero-order chi connectivity index (χ0) is 12.5. The van der Waals surface area contributed by atoms with Crippen molar-refractivity contribution in [3.05, 3.63) is 46.2 Å². The van der Waals surface area contributed by atoms with Gasteiger partial charge in [-0.3, -0.25) is 4.79 Å². The van der Waals surface area contributed by atoms with E-state index >= 15 is 0 Å².